The molecule has 5 unspecified atom stereocenters. The summed E-state index contributed by atoms with van der Waals surface area (Å²) in [6, 6.07) is 5.14. The van der Waals surface area contributed by atoms with Gasteiger partial charge in [-0.05, 0) is 85.5 Å². The van der Waals surface area contributed by atoms with Crippen molar-refractivity contribution in [2.45, 2.75) is 95.8 Å². The van der Waals surface area contributed by atoms with Gasteiger partial charge in [0.1, 0.15) is 17.4 Å². The molecule has 0 aliphatic heterocycles. The van der Waals surface area contributed by atoms with Crippen molar-refractivity contribution in [3.05, 3.63) is 41.5 Å². The van der Waals surface area contributed by atoms with Gasteiger partial charge in [0.15, 0.2) is 12.4 Å². The fraction of sp³-hybridized carbons (Fsp3) is 0.629. The maximum absolute atomic E-state index is 13.5. The molecule has 5 rings (SSSR count). The van der Waals surface area contributed by atoms with Gasteiger partial charge < -0.3 is 30.1 Å². The number of aromatic hydroxyl groups is 1. The maximum Gasteiger partial charge on any atom is 0.328 e. The molecule has 1 aromatic rings. The Morgan fingerprint density at radius 1 is 1.04 bits per heavy atom. The fourth-order valence-corrected chi connectivity index (χ4v) is 9.17. The molecule has 1 amide bonds. The van der Waals surface area contributed by atoms with E-state index < -0.39 is 53.4 Å². The molecule has 46 heavy (non-hydrogen) atoms. The second-order valence-corrected chi connectivity index (χ2v) is 14.1. The molecule has 1 aromatic carbocycles. The summed E-state index contributed by atoms with van der Waals surface area (Å²) in [6.45, 7) is 3.36. The quantitative estimate of drug-likeness (QED) is 0.279. The van der Waals surface area contributed by atoms with Crippen molar-refractivity contribution >= 4 is 29.4 Å². The molecule has 4 aliphatic rings. The number of nitrogens with one attached hydrogen (secondary N) is 1. The van der Waals surface area contributed by atoms with Crippen molar-refractivity contribution in [1.82, 2.24) is 5.32 Å². The lowest BCUT2D eigenvalue weighted by atomic mass is 9.45. The summed E-state index contributed by atoms with van der Waals surface area (Å²) in [4.78, 5) is 63.0. The predicted octanol–water partition coefficient (Wildman–Crippen LogP) is 2.72. The summed E-state index contributed by atoms with van der Waals surface area (Å²) in [5.74, 6) is -2.45. The van der Waals surface area contributed by atoms with Crippen LogP contribution in [0.2, 0.25) is 0 Å². The molecule has 250 valence electrons. The van der Waals surface area contributed by atoms with Gasteiger partial charge in [0.05, 0.1) is 19.6 Å². The lowest BCUT2D eigenvalue weighted by Crippen LogP contribution is -2.62. The number of phenols is 1. The number of aliphatic hydroxyl groups excluding tert-OH is 1. The van der Waals surface area contributed by atoms with Crippen LogP contribution in [0.4, 0.5) is 0 Å². The highest BCUT2D eigenvalue weighted by Crippen LogP contribution is 2.67. The van der Waals surface area contributed by atoms with Gasteiger partial charge in [-0.2, -0.15) is 0 Å². The lowest BCUT2D eigenvalue weighted by molar-refractivity contribution is -0.184. The number of hydrogen-bond donors (Lipinski definition) is 4. The Bertz CT molecular complexity index is 1420. The summed E-state index contributed by atoms with van der Waals surface area (Å²) in [5, 5.41) is 35.4. The highest BCUT2D eigenvalue weighted by atomic mass is 16.5. The number of carbonyl (C=O) groups is 5. The number of amides is 1. The summed E-state index contributed by atoms with van der Waals surface area (Å²) in [6.07, 6.45) is 4.23. The van der Waals surface area contributed by atoms with Gasteiger partial charge in [0.2, 0.25) is 11.7 Å². The van der Waals surface area contributed by atoms with Crippen LogP contribution in [-0.2, 0) is 39.9 Å². The molecular formula is C35H45NO10. The maximum atomic E-state index is 13.5. The molecule has 0 heterocycles. The highest BCUT2D eigenvalue weighted by molar-refractivity contribution is 5.92. The Morgan fingerprint density at radius 2 is 1.76 bits per heavy atom. The summed E-state index contributed by atoms with van der Waals surface area (Å²) < 4.78 is 10.0. The first-order valence-corrected chi connectivity index (χ1v) is 16.2. The van der Waals surface area contributed by atoms with Crippen LogP contribution in [0.3, 0.4) is 0 Å². The minimum absolute atomic E-state index is 0.00502. The molecule has 11 heteroatoms. The average Bonchev–Trinajstić information content (AvgIpc) is 3.29. The zero-order valence-electron chi connectivity index (χ0n) is 26.8. The number of Topliss-reactive ketones (excluding diaryl/α,β-unsaturated/α-hetero) is 1. The van der Waals surface area contributed by atoms with E-state index in [4.69, 9.17) is 9.47 Å². The van der Waals surface area contributed by atoms with Gasteiger partial charge in [-0.1, -0.05) is 31.6 Å². The smallest absolute Gasteiger partial charge is 0.328 e. The van der Waals surface area contributed by atoms with Crippen molar-refractivity contribution < 1.29 is 48.8 Å². The van der Waals surface area contributed by atoms with Crippen LogP contribution in [0.15, 0.2) is 35.9 Å². The summed E-state index contributed by atoms with van der Waals surface area (Å²) >= 11 is 0. The molecule has 0 radical (unpaired) electrons. The summed E-state index contributed by atoms with van der Waals surface area (Å²) in [5.41, 5.74) is -1.18. The van der Waals surface area contributed by atoms with E-state index in [-0.39, 0.29) is 66.8 Å². The SMILES string of the molecule is COC(=O)C(Cc1ccc(O)cc1)NC(=O)CCC(=O)OCC(=O)[C@@]1(O)CCC2C3CCC4=CC(=O)CC[C@]4(C)C3C(O)C[C@@]21C. The molecular weight excluding hydrogens is 594 g/mol. The minimum Gasteiger partial charge on any atom is -0.508 e. The first-order chi connectivity index (χ1) is 21.7. The van der Waals surface area contributed by atoms with Crippen LogP contribution in [0.25, 0.3) is 0 Å². The second kappa shape index (κ2) is 12.9. The van der Waals surface area contributed by atoms with E-state index in [0.717, 1.165) is 18.4 Å². The lowest BCUT2D eigenvalue weighted by Gasteiger charge is -2.60. The fourth-order valence-electron chi connectivity index (χ4n) is 9.17. The molecule has 0 bridgehead atoms. The number of allylic oxidation sites excluding steroid dienone is 1. The Hall–Kier alpha value is -3.57. The van der Waals surface area contributed by atoms with Gasteiger partial charge in [0, 0.05) is 24.7 Å². The van der Waals surface area contributed by atoms with Crippen molar-refractivity contribution in [3.63, 3.8) is 0 Å². The number of rotatable bonds is 10. The number of benzene rings is 1. The van der Waals surface area contributed by atoms with Crippen LogP contribution in [0.1, 0.15) is 77.2 Å². The van der Waals surface area contributed by atoms with Gasteiger partial charge in [-0.25, -0.2) is 4.79 Å². The number of esters is 2. The van der Waals surface area contributed by atoms with E-state index in [1.165, 1.54) is 19.2 Å². The predicted molar refractivity (Wildman–Crippen MR) is 164 cm³/mol. The number of aliphatic hydroxyl groups is 2. The number of methoxy groups -OCH3 is 1. The molecule has 4 aliphatic carbocycles. The summed E-state index contributed by atoms with van der Waals surface area (Å²) in [7, 11) is 1.20. The Morgan fingerprint density at radius 3 is 2.46 bits per heavy atom. The highest BCUT2D eigenvalue weighted by Gasteiger charge is 2.68. The molecule has 3 saturated carbocycles. The number of fused-ring (bicyclic) bond motifs is 5. The van der Waals surface area contributed by atoms with Crippen LogP contribution >= 0.6 is 0 Å². The van der Waals surface area contributed by atoms with Crippen LogP contribution in [-0.4, -0.2) is 76.2 Å². The monoisotopic (exact) mass is 639 g/mol. The van der Waals surface area contributed by atoms with E-state index in [9.17, 15) is 39.3 Å². The molecule has 0 spiro atoms. The van der Waals surface area contributed by atoms with Gasteiger partial charge >= 0.3 is 11.9 Å². The first-order valence-electron chi connectivity index (χ1n) is 16.2. The third-order valence-corrected chi connectivity index (χ3v) is 11.6. The van der Waals surface area contributed by atoms with E-state index in [1.54, 1.807) is 18.2 Å². The zero-order chi connectivity index (χ0) is 33.4. The van der Waals surface area contributed by atoms with Crippen molar-refractivity contribution in [1.29, 1.82) is 0 Å². The third kappa shape index (κ3) is 6.11. The van der Waals surface area contributed by atoms with E-state index >= 15 is 0 Å². The van der Waals surface area contributed by atoms with Crippen LogP contribution in [0.5, 0.6) is 5.75 Å². The standard InChI is InChI=1S/C35H45NO10/c1-33-14-12-23(38)17-21(33)6-9-24-25-13-15-35(44,34(25,2)18-27(39)31(24)33)28(40)19-46-30(42)11-10-29(41)36-26(32(43)45-3)16-20-4-7-22(37)8-5-20/h4-5,7-8,17,24-27,31,37,39,44H,6,9-16,18-19H2,1-3H3,(H,36,41)/t24?,25?,26?,27?,31?,33-,34-,35-/m0/s1. The van der Waals surface area contributed by atoms with Crippen molar-refractivity contribution in [2.75, 3.05) is 13.7 Å². The molecule has 3 fully saturated rings. The number of phenolic OH excluding ortho intramolecular Hbond substituents is 1. The largest absolute Gasteiger partial charge is 0.508 e. The van der Waals surface area contributed by atoms with Gasteiger partial charge in [0.25, 0.3) is 0 Å². The van der Waals surface area contributed by atoms with E-state index in [2.05, 4.69) is 12.2 Å². The number of carbonyl (C=O) groups excluding carboxylic acids is 5. The number of hydrogen-bond acceptors (Lipinski definition) is 10. The molecule has 0 saturated heterocycles. The minimum atomic E-state index is -1.78. The van der Waals surface area contributed by atoms with Crippen LogP contribution in [0, 0.1) is 28.6 Å². The normalized spacial score (nSPS) is 33.8. The zero-order valence-corrected chi connectivity index (χ0v) is 26.8. The topological polar surface area (TPSA) is 177 Å². The van der Waals surface area contributed by atoms with Gasteiger partial charge in [-0.3, -0.25) is 19.2 Å². The van der Waals surface area contributed by atoms with Crippen molar-refractivity contribution in [3.8, 4) is 5.75 Å². The number of ketones is 2. The van der Waals surface area contributed by atoms with E-state index in [1.807, 2.05) is 6.92 Å². The van der Waals surface area contributed by atoms with E-state index in [0.29, 0.717) is 24.8 Å². The molecule has 8 atom stereocenters. The molecule has 0 aromatic heterocycles. The van der Waals surface area contributed by atoms with Crippen LogP contribution < -0.4 is 5.32 Å². The number of ether oxygens (including phenoxy) is 2. The molecule has 4 N–H and O–H groups in total. The first kappa shape index (κ1) is 33.8. The Labute approximate surface area is 268 Å². The van der Waals surface area contributed by atoms with Crippen molar-refractivity contribution in [2.24, 2.45) is 28.6 Å². The Balaban J connectivity index is 1.16. The molecule has 11 nitrogen and oxygen atoms in total. The van der Waals surface area contributed by atoms with Gasteiger partial charge in [-0.15, -0.1) is 0 Å². The second-order valence-electron chi connectivity index (χ2n) is 14.1. The third-order valence-electron chi connectivity index (χ3n) is 11.6. The Kier molecular flexibility index (Phi) is 9.48. The average molecular weight is 640 g/mol.